The Bertz CT molecular complexity index is 399. The van der Waals surface area contributed by atoms with Crippen molar-refractivity contribution in [2.45, 2.75) is 65.0 Å². The molecule has 0 radical (unpaired) electrons. The standard InChI is InChI=1S/C20H40N4O2.HI/c1-4-6-7-8-17(3)23-20(21-5-2)22-15-19(18-9-12-26-16-18)24-10-13-25-14-11-24;/h17-19H,4-16H2,1-3H3,(H2,21,22,23);1H. The highest BCUT2D eigenvalue weighted by molar-refractivity contribution is 14.0. The Kier molecular flexibility index (Phi) is 13.7. The second-order valence-corrected chi connectivity index (χ2v) is 7.60. The Hall–Kier alpha value is -0.120. The molecule has 3 atom stereocenters. The van der Waals surface area contributed by atoms with Gasteiger partial charge in [-0.15, -0.1) is 24.0 Å². The van der Waals surface area contributed by atoms with E-state index in [-0.39, 0.29) is 24.0 Å². The molecule has 2 aliphatic heterocycles. The summed E-state index contributed by atoms with van der Waals surface area (Å²) in [7, 11) is 0. The van der Waals surface area contributed by atoms with Gasteiger partial charge in [-0.3, -0.25) is 9.89 Å². The van der Waals surface area contributed by atoms with E-state index in [0.29, 0.717) is 18.0 Å². The molecule has 6 nitrogen and oxygen atoms in total. The molecular formula is C20H41IN4O2. The fourth-order valence-corrected chi connectivity index (χ4v) is 3.84. The molecule has 2 fully saturated rings. The van der Waals surface area contributed by atoms with Crippen molar-refractivity contribution in [1.29, 1.82) is 0 Å². The minimum Gasteiger partial charge on any atom is -0.381 e. The zero-order valence-electron chi connectivity index (χ0n) is 17.5. The molecule has 0 aliphatic carbocycles. The zero-order chi connectivity index (χ0) is 18.6. The maximum atomic E-state index is 5.67. The zero-order valence-corrected chi connectivity index (χ0v) is 19.9. The number of morpholine rings is 1. The average Bonchev–Trinajstić information content (AvgIpc) is 3.17. The Morgan fingerprint density at radius 2 is 1.93 bits per heavy atom. The third-order valence-electron chi connectivity index (χ3n) is 5.43. The lowest BCUT2D eigenvalue weighted by molar-refractivity contribution is 0.00368. The van der Waals surface area contributed by atoms with E-state index in [4.69, 9.17) is 14.5 Å². The van der Waals surface area contributed by atoms with Crippen molar-refractivity contribution in [3.63, 3.8) is 0 Å². The van der Waals surface area contributed by atoms with Crippen molar-refractivity contribution in [2.24, 2.45) is 10.9 Å². The Morgan fingerprint density at radius 3 is 2.56 bits per heavy atom. The van der Waals surface area contributed by atoms with Crippen molar-refractivity contribution in [3.8, 4) is 0 Å². The molecule has 3 unspecified atom stereocenters. The number of guanidine groups is 1. The highest BCUT2D eigenvalue weighted by atomic mass is 127. The normalized spacial score (nSPS) is 23.5. The summed E-state index contributed by atoms with van der Waals surface area (Å²) in [5, 5.41) is 7.01. The van der Waals surface area contributed by atoms with Gasteiger partial charge in [-0.2, -0.15) is 0 Å². The molecule has 0 spiro atoms. The van der Waals surface area contributed by atoms with Crippen molar-refractivity contribution in [2.75, 3.05) is 52.6 Å². The van der Waals surface area contributed by atoms with Gasteiger partial charge in [0.05, 0.1) is 26.4 Å². The maximum Gasteiger partial charge on any atom is 0.191 e. The van der Waals surface area contributed by atoms with Crippen LogP contribution in [0.1, 0.15) is 52.9 Å². The topological polar surface area (TPSA) is 58.1 Å². The minimum atomic E-state index is 0. The van der Waals surface area contributed by atoms with Gasteiger partial charge >= 0.3 is 0 Å². The van der Waals surface area contributed by atoms with E-state index in [1.54, 1.807) is 0 Å². The van der Waals surface area contributed by atoms with E-state index in [9.17, 15) is 0 Å². The summed E-state index contributed by atoms with van der Waals surface area (Å²) in [6, 6.07) is 0.906. The van der Waals surface area contributed by atoms with E-state index < -0.39 is 0 Å². The molecule has 27 heavy (non-hydrogen) atoms. The Balaban J connectivity index is 0.00000364. The van der Waals surface area contributed by atoms with Crippen LogP contribution in [0, 0.1) is 5.92 Å². The van der Waals surface area contributed by atoms with Crippen LogP contribution in [-0.4, -0.2) is 75.5 Å². The van der Waals surface area contributed by atoms with Gasteiger partial charge in [0.25, 0.3) is 0 Å². The summed E-state index contributed by atoms with van der Waals surface area (Å²) >= 11 is 0. The SMILES string of the molecule is CCCCCC(C)NC(=NCC(C1CCOC1)N1CCOCC1)NCC.I. The largest absolute Gasteiger partial charge is 0.381 e. The summed E-state index contributed by atoms with van der Waals surface area (Å²) < 4.78 is 11.2. The van der Waals surface area contributed by atoms with Gasteiger partial charge in [-0.05, 0) is 26.7 Å². The molecular weight excluding hydrogens is 455 g/mol. The minimum absolute atomic E-state index is 0. The number of ether oxygens (including phenoxy) is 2. The van der Waals surface area contributed by atoms with Crippen molar-refractivity contribution in [1.82, 2.24) is 15.5 Å². The monoisotopic (exact) mass is 496 g/mol. The molecule has 2 rings (SSSR count). The van der Waals surface area contributed by atoms with E-state index in [1.807, 2.05) is 0 Å². The van der Waals surface area contributed by atoms with Crippen molar-refractivity contribution >= 4 is 29.9 Å². The quantitative estimate of drug-likeness (QED) is 0.211. The number of unbranched alkanes of at least 4 members (excludes halogenated alkanes) is 2. The first kappa shape index (κ1) is 24.9. The third-order valence-corrected chi connectivity index (χ3v) is 5.43. The number of nitrogens with zero attached hydrogens (tertiary/aromatic N) is 2. The lowest BCUT2D eigenvalue weighted by Gasteiger charge is -2.36. The molecule has 7 heteroatoms. The van der Waals surface area contributed by atoms with Crippen LogP contribution in [0.5, 0.6) is 0 Å². The molecule has 160 valence electrons. The van der Waals surface area contributed by atoms with E-state index >= 15 is 0 Å². The third kappa shape index (κ3) is 9.28. The number of rotatable bonds is 10. The van der Waals surface area contributed by atoms with Gasteiger partial charge in [0, 0.05) is 44.2 Å². The molecule has 0 aromatic heterocycles. The first-order chi connectivity index (χ1) is 12.7. The summed E-state index contributed by atoms with van der Waals surface area (Å²) in [4.78, 5) is 7.51. The predicted octanol–water partition coefficient (Wildman–Crippen LogP) is 2.87. The molecule has 2 aliphatic rings. The van der Waals surface area contributed by atoms with Crippen molar-refractivity contribution < 1.29 is 9.47 Å². The van der Waals surface area contributed by atoms with E-state index in [2.05, 4.69) is 36.3 Å². The van der Waals surface area contributed by atoms with Crippen LogP contribution in [0.4, 0.5) is 0 Å². The Morgan fingerprint density at radius 1 is 1.15 bits per heavy atom. The second-order valence-electron chi connectivity index (χ2n) is 7.60. The summed E-state index contributed by atoms with van der Waals surface area (Å²) in [6.07, 6.45) is 6.20. The van der Waals surface area contributed by atoms with E-state index in [0.717, 1.165) is 65.0 Å². The molecule has 0 saturated carbocycles. The number of hydrogen-bond donors (Lipinski definition) is 2. The van der Waals surface area contributed by atoms with Crippen LogP contribution in [0.3, 0.4) is 0 Å². The second kappa shape index (κ2) is 14.8. The van der Waals surface area contributed by atoms with Gasteiger partial charge in [0.2, 0.25) is 0 Å². The molecule has 2 heterocycles. The molecule has 0 aromatic carbocycles. The van der Waals surface area contributed by atoms with Crippen LogP contribution in [0.2, 0.25) is 0 Å². The van der Waals surface area contributed by atoms with Crippen LogP contribution < -0.4 is 10.6 Å². The fraction of sp³-hybridized carbons (Fsp3) is 0.950. The molecule has 2 N–H and O–H groups in total. The fourth-order valence-electron chi connectivity index (χ4n) is 3.84. The van der Waals surface area contributed by atoms with Crippen LogP contribution in [0.15, 0.2) is 4.99 Å². The summed E-state index contributed by atoms with van der Waals surface area (Å²) in [6.45, 7) is 13.8. The van der Waals surface area contributed by atoms with Crippen LogP contribution in [0.25, 0.3) is 0 Å². The molecule has 0 amide bonds. The van der Waals surface area contributed by atoms with Gasteiger partial charge < -0.3 is 20.1 Å². The number of hydrogen-bond acceptors (Lipinski definition) is 4. The lowest BCUT2D eigenvalue weighted by atomic mass is 9.97. The molecule has 2 saturated heterocycles. The number of halogens is 1. The summed E-state index contributed by atoms with van der Waals surface area (Å²) in [5.41, 5.74) is 0. The smallest absolute Gasteiger partial charge is 0.191 e. The summed E-state index contributed by atoms with van der Waals surface area (Å²) in [5.74, 6) is 1.54. The van der Waals surface area contributed by atoms with Crippen molar-refractivity contribution in [3.05, 3.63) is 0 Å². The molecule has 0 aromatic rings. The van der Waals surface area contributed by atoms with Gasteiger partial charge in [0.1, 0.15) is 0 Å². The average molecular weight is 496 g/mol. The van der Waals surface area contributed by atoms with Gasteiger partial charge in [-0.1, -0.05) is 26.2 Å². The van der Waals surface area contributed by atoms with Gasteiger partial charge in [0.15, 0.2) is 5.96 Å². The predicted molar refractivity (Wildman–Crippen MR) is 123 cm³/mol. The highest BCUT2D eigenvalue weighted by Crippen LogP contribution is 2.22. The maximum absolute atomic E-state index is 5.67. The molecule has 0 bridgehead atoms. The number of aliphatic imine (C=N–C) groups is 1. The first-order valence-electron chi connectivity index (χ1n) is 10.7. The first-order valence-corrected chi connectivity index (χ1v) is 10.7. The Labute approximate surface area is 183 Å². The van der Waals surface area contributed by atoms with E-state index in [1.165, 1.54) is 25.7 Å². The van der Waals surface area contributed by atoms with Crippen LogP contribution in [-0.2, 0) is 9.47 Å². The highest BCUT2D eigenvalue weighted by Gasteiger charge is 2.31. The lowest BCUT2D eigenvalue weighted by Crippen LogP contribution is -2.49. The van der Waals surface area contributed by atoms with Gasteiger partial charge in [-0.25, -0.2) is 0 Å². The number of nitrogens with one attached hydrogen (secondary N) is 2. The van der Waals surface area contributed by atoms with Crippen LogP contribution >= 0.6 is 24.0 Å².